The highest BCUT2D eigenvalue weighted by atomic mass is 79.9. The number of hydrogen-bond donors (Lipinski definition) is 0. The first-order chi connectivity index (χ1) is 7.70. The average molecular weight is 276 g/mol. The summed E-state index contributed by atoms with van der Waals surface area (Å²) in [6.45, 7) is 0. The lowest BCUT2D eigenvalue weighted by molar-refractivity contribution is 0.100. The van der Waals surface area contributed by atoms with Crippen LogP contribution < -0.4 is 0 Å². The van der Waals surface area contributed by atoms with E-state index in [1.165, 1.54) is 6.08 Å². The first-order valence-electron chi connectivity index (χ1n) is 4.52. The zero-order valence-corrected chi connectivity index (χ0v) is 9.69. The molecule has 0 heterocycles. The lowest BCUT2D eigenvalue weighted by atomic mass is 10.1. The Morgan fingerprint density at radius 2 is 1.81 bits per heavy atom. The van der Waals surface area contributed by atoms with Gasteiger partial charge in [0.2, 0.25) is 6.08 Å². The Morgan fingerprint density at radius 1 is 1.12 bits per heavy atom. The number of amides is 1. The van der Waals surface area contributed by atoms with Gasteiger partial charge in [0.1, 0.15) is 0 Å². The van der Waals surface area contributed by atoms with Crippen LogP contribution >= 0.6 is 15.9 Å². The quantitative estimate of drug-likeness (QED) is 0.593. The summed E-state index contributed by atoms with van der Waals surface area (Å²) < 4.78 is 0.977. The van der Waals surface area contributed by atoms with Gasteiger partial charge in [0.15, 0.2) is 0 Å². The van der Waals surface area contributed by atoms with Gasteiger partial charge in [0.25, 0.3) is 5.91 Å². The molecule has 3 nitrogen and oxygen atoms in total. The van der Waals surface area contributed by atoms with Crippen LogP contribution in [0.5, 0.6) is 0 Å². The van der Waals surface area contributed by atoms with Crippen LogP contribution in [0.1, 0.15) is 10.4 Å². The zero-order chi connectivity index (χ0) is 11.5. The third-order valence-corrected chi connectivity index (χ3v) is 2.69. The van der Waals surface area contributed by atoms with Crippen LogP contribution in [-0.2, 0) is 4.79 Å². The molecular formula is C12H6BrNO2. The van der Waals surface area contributed by atoms with E-state index in [1.807, 2.05) is 24.3 Å². The first-order valence-corrected chi connectivity index (χ1v) is 5.31. The second-order valence-electron chi connectivity index (χ2n) is 3.21. The number of isocyanates is 1. The molecule has 2 rings (SSSR count). The SMILES string of the molecule is O=C=NC(=O)c1ccc2cc(Br)ccc2c1. The number of rotatable bonds is 1. The van der Waals surface area contributed by atoms with Crippen LogP contribution in [0, 0.1) is 0 Å². The summed E-state index contributed by atoms with van der Waals surface area (Å²) in [5.41, 5.74) is 0.387. The topological polar surface area (TPSA) is 46.5 Å². The molecule has 0 saturated heterocycles. The largest absolute Gasteiger partial charge is 0.287 e. The van der Waals surface area contributed by atoms with Gasteiger partial charge in [0, 0.05) is 10.0 Å². The minimum atomic E-state index is -0.570. The number of benzene rings is 2. The molecule has 16 heavy (non-hydrogen) atoms. The van der Waals surface area contributed by atoms with Gasteiger partial charge in [-0.2, -0.15) is 0 Å². The van der Waals surface area contributed by atoms with E-state index in [2.05, 4.69) is 20.9 Å². The molecule has 0 aliphatic rings. The van der Waals surface area contributed by atoms with Crippen molar-refractivity contribution in [3.63, 3.8) is 0 Å². The summed E-state index contributed by atoms with van der Waals surface area (Å²) in [6.07, 6.45) is 1.24. The summed E-state index contributed by atoms with van der Waals surface area (Å²) in [4.78, 5) is 24.4. The molecule has 0 fully saturated rings. The smallest absolute Gasteiger partial charge is 0.266 e. The maximum Gasteiger partial charge on any atom is 0.287 e. The molecule has 0 aromatic heterocycles. The molecule has 0 radical (unpaired) electrons. The Labute approximate surface area is 99.9 Å². The molecule has 0 N–H and O–H groups in total. The van der Waals surface area contributed by atoms with Gasteiger partial charge in [-0.3, -0.25) is 4.79 Å². The third kappa shape index (κ3) is 2.08. The van der Waals surface area contributed by atoms with E-state index in [1.54, 1.807) is 12.1 Å². The van der Waals surface area contributed by atoms with E-state index >= 15 is 0 Å². The standard InChI is InChI=1S/C12H6BrNO2/c13-11-4-3-8-5-10(12(16)14-7-15)2-1-9(8)6-11/h1-6H. The predicted octanol–water partition coefficient (Wildman–Crippen LogP) is 3.08. The summed E-state index contributed by atoms with van der Waals surface area (Å²) in [6, 6.07) is 10.9. The lowest BCUT2D eigenvalue weighted by Gasteiger charge is -2.00. The molecule has 4 heteroatoms. The molecule has 0 unspecified atom stereocenters. The van der Waals surface area contributed by atoms with Crippen LogP contribution in [0.3, 0.4) is 0 Å². The predicted molar refractivity (Wildman–Crippen MR) is 64.1 cm³/mol. The molecule has 0 aliphatic carbocycles. The van der Waals surface area contributed by atoms with Gasteiger partial charge >= 0.3 is 0 Å². The van der Waals surface area contributed by atoms with Crippen molar-refractivity contribution in [2.45, 2.75) is 0 Å². The van der Waals surface area contributed by atoms with Crippen molar-refractivity contribution >= 4 is 38.7 Å². The fourth-order valence-corrected chi connectivity index (χ4v) is 1.83. The molecule has 0 spiro atoms. The van der Waals surface area contributed by atoms with E-state index in [-0.39, 0.29) is 0 Å². The Hall–Kier alpha value is -1.77. The molecule has 2 aromatic carbocycles. The van der Waals surface area contributed by atoms with Gasteiger partial charge in [-0.05, 0) is 35.0 Å². The molecule has 1 amide bonds. The zero-order valence-electron chi connectivity index (χ0n) is 8.11. The minimum absolute atomic E-state index is 0.387. The number of hydrogen-bond acceptors (Lipinski definition) is 2. The summed E-state index contributed by atoms with van der Waals surface area (Å²) in [7, 11) is 0. The number of fused-ring (bicyclic) bond motifs is 1. The Balaban J connectivity index is 2.56. The van der Waals surface area contributed by atoms with Crippen LogP contribution in [0.25, 0.3) is 10.8 Å². The molecule has 0 atom stereocenters. The van der Waals surface area contributed by atoms with Gasteiger partial charge < -0.3 is 0 Å². The van der Waals surface area contributed by atoms with Gasteiger partial charge in [0.05, 0.1) is 0 Å². The Kier molecular flexibility index (Phi) is 2.95. The van der Waals surface area contributed by atoms with Gasteiger partial charge in [-0.25, -0.2) is 4.79 Å². The number of carbonyl (C=O) groups is 1. The van der Waals surface area contributed by atoms with E-state index in [0.29, 0.717) is 5.56 Å². The summed E-state index contributed by atoms with van der Waals surface area (Å²) >= 11 is 3.37. The van der Waals surface area contributed by atoms with E-state index in [9.17, 15) is 9.59 Å². The van der Waals surface area contributed by atoms with Crippen molar-refractivity contribution < 1.29 is 9.59 Å². The minimum Gasteiger partial charge on any atom is -0.266 e. The molecule has 0 aliphatic heterocycles. The number of carbonyl (C=O) groups excluding carboxylic acids is 2. The van der Waals surface area contributed by atoms with Crippen molar-refractivity contribution in [2.75, 3.05) is 0 Å². The summed E-state index contributed by atoms with van der Waals surface area (Å²) in [5, 5.41) is 1.94. The van der Waals surface area contributed by atoms with Crippen LogP contribution in [0.15, 0.2) is 45.9 Å². The van der Waals surface area contributed by atoms with Gasteiger partial charge in [-0.1, -0.05) is 28.1 Å². The number of halogens is 1. The van der Waals surface area contributed by atoms with Crippen molar-refractivity contribution in [3.05, 3.63) is 46.4 Å². The maximum absolute atomic E-state index is 11.3. The summed E-state index contributed by atoms with van der Waals surface area (Å²) in [5.74, 6) is -0.570. The van der Waals surface area contributed by atoms with Crippen molar-refractivity contribution in [1.82, 2.24) is 0 Å². The van der Waals surface area contributed by atoms with Crippen LogP contribution in [0.2, 0.25) is 0 Å². The van der Waals surface area contributed by atoms with E-state index < -0.39 is 5.91 Å². The van der Waals surface area contributed by atoms with Crippen molar-refractivity contribution in [2.24, 2.45) is 4.99 Å². The van der Waals surface area contributed by atoms with Crippen LogP contribution in [0.4, 0.5) is 0 Å². The molecule has 0 saturated carbocycles. The van der Waals surface area contributed by atoms with E-state index in [0.717, 1.165) is 15.2 Å². The molecule has 78 valence electrons. The monoisotopic (exact) mass is 275 g/mol. The number of nitrogens with zero attached hydrogens (tertiary/aromatic N) is 1. The highest BCUT2D eigenvalue weighted by molar-refractivity contribution is 9.10. The van der Waals surface area contributed by atoms with Crippen molar-refractivity contribution in [1.29, 1.82) is 0 Å². The Bertz CT molecular complexity index is 615. The highest BCUT2D eigenvalue weighted by Gasteiger charge is 2.04. The number of aliphatic imine (C=N–C) groups is 1. The maximum atomic E-state index is 11.3. The second kappa shape index (κ2) is 4.39. The normalized spacial score (nSPS) is 9.81. The Morgan fingerprint density at radius 3 is 2.56 bits per heavy atom. The highest BCUT2D eigenvalue weighted by Crippen LogP contribution is 2.21. The lowest BCUT2D eigenvalue weighted by Crippen LogP contribution is -1.93. The third-order valence-electron chi connectivity index (χ3n) is 2.20. The average Bonchev–Trinajstić information content (AvgIpc) is 2.28. The molecule has 2 aromatic rings. The first kappa shape index (κ1) is 10.7. The van der Waals surface area contributed by atoms with Gasteiger partial charge in [-0.15, -0.1) is 4.99 Å². The van der Waals surface area contributed by atoms with E-state index in [4.69, 9.17) is 0 Å². The fourth-order valence-electron chi connectivity index (χ4n) is 1.46. The molecular weight excluding hydrogens is 270 g/mol. The second-order valence-corrected chi connectivity index (χ2v) is 4.13. The van der Waals surface area contributed by atoms with Crippen LogP contribution in [-0.4, -0.2) is 12.0 Å². The van der Waals surface area contributed by atoms with Crippen molar-refractivity contribution in [3.8, 4) is 0 Å². The fraction of sp³-hybridized carbons (Fsp3) is 0. The molecule has 0 bridgehead atoms.